The summed E-state index contributed by atoms with van der Waals surface area (Å²) in [5.41, 5.74) is -1.04. The number of hydrogen-bond acceptors (Lipinski definition) is 11. The molecule has 4 aromatic carbocycles. The summed E-state index contributed by atoms with van der Waals surface area (Å²) in [6, 6.07) is 22.5. The van der Waals surface area contributed by atoms with Crippen LogP contribution in [0.25, 0.3) is 0 Å². The monoisotopic (exact) mass is 932 g/mol. The molecule has 6 aromatic rings. The third-order valence-electron chi connectivity index (χ3n) is 13.2. The number of ether oxygens (including phenoxy) is 4. The zero-order chi connectivity index (χ0) is 47.2. The molecule has 0 bridgehead atoms. The fourth-order valence-electron chi connectivity index (χ4n) is 10.4. The Morgan fingerprint density at radius 1 is 0.574 bits per heavy atom. The SMILES string of the molecule is O=C(OCOc1c2n(ncc1=O)[C@@H]([C@H](c1ccccc1)c1cccc(F)c1F)[C@H]1CCCN1C2=O)OCOc1c2n(ncc1=O)[C@@H]([C@H](c1ccccc1)c1cccc(F)c1F)[C@H]1CCCN1C2=O. The van der Waals surface area contributed by atoms with Gasteiger partial charge in [-0.25, -0.2) is 22.4 Å². The smallest absolute Gasteiger partial charge is 0.451 e. The summed E-state index contributed by atoms with van der Waals surface area (Å²) in [6.07, 6.45) is 2.60. The van der Waals surface area contributed by atoms with Gasteiger partial charge in [0.1, 0.15) is 0 Å². The van der Waals surface area contributed by atoms with Crippen LogP contribution in [0.3, 0.4) is 0 Å². The minimum absolute atomic E-state index is 0.0136. The highest BCUT2D eigenvalue weighted by Gasteiger charge is 2.50. The average Bonchev–Trinajstić information content (AvgIpc) is 4.05. The lowest BCUT2D eigenvalue weighted by molar-refractivity contribution is -0.0273. The van der Waals surface area contributed by atoms with Gasteiger partial charge in [-0.3, -0.25) is 28.5 Å². The molecule has 0 N–H and O–H groups in total. The Hall–Kier alpha value is -7.83. The van der Waals surface area contributed by atoms with E-state index in [4.69, 9.17) is 18.9 Å². The number of carbonyl (C=O) groups is 3. The highest BCUT2D eigenvalue weighted by atomic mass is 19.2. The summed E-state index contributed by atoms with van der Waals surface area (Å²) < 4.78 is 85.2. The predicted molar refractivity (Wildman–Crippen MR) is 231 cm³/mol. The maximum absolute atomic E-state index is 15.7. The highest BCUT2D eigenvalue weighted by Crippen LogP contribution is 2.48. The number of fused-ring (bicyclic) bond motifs is 4. The van der Waals surface area contributed by atoms with E-state index in [2.05, 4.69) is 10.2 Å². The Morgan fingerprint density at radius 3 is 1.40 bits per heavy atom. The molecular weight excluding hydrogens is 893 g/mol. The Bertz CT molecular complexity index is 2860. The van der Waals surface area contributed by atoms with Crippen molar-refractivity contribution >= 4 is 18.0 Å². The Kier molecular flexibility index (Phi) is 11.7. The molecule has 2 fully saturated rings. The van der Waals surface area contributed by atoms with Gasteiger partial charge in [0, 0.05) is 36.1 Å². The summed E-state index contributed by atoms with van der Waals surface area (Å²) in [4.78, 5) is 71.0. The van der Waals surface area contributed by atoms with Gasteiger partial charge in [-0.2, -0.15) is 10.2 Å². The first-order valence-electron chi connectivity index (χ1n) is 21.9. The number of aromatic nitrogens is 4. The molecule has 6 atom stereocenters. The summed E-state index contributed by atoms with van der Waals surface area (Å²) in [5, 5.41) is 8.68. The van der Waals surface area contributed by atoms with Gasteiger partial charge in [-0.05, 0) is 48.9 Å². The van der Waals surface area contributed by atoms with Crippen LogP contribution in [0.4, 0.5) is 22.4 Å². The van der Waals surface area contributed by atoms with E-state index in [1.807, 2.05) is 0 Å². The van der Waals surface area contributed by atoms with Gasteiger partial charge in [0.2, 0.25) is 35.9 Å². The first-order chi connectivity index (χ1) is 33.0. The zero-order valence-corrected chi connectivity index (χ0v) is 35.9. The van der Waals surface area contributed by atoms with Crippen LogP contribution in [0.1, 0.15) is 92.8 Å². The fourth-order valence-corrected chi connectivity index (χ4v) is 10.4. The van der Waals surface area contributed by atoms with Gasteiger partial charge < -0.3 is 28.7 Å². The van der Waals surface area contributed by atoms with Crippen molar-refractivity contribution in [3.05, 3.63) is 187 Å². The Morgan fingerprint density at radius 2 is 0.985 bits per heavy atom. The molecule has 0 unspecified atom stereocenters. The molecule has 4 aliphatic heterocycles. The summed E-state index contributed by atoms with van der Waals surface area (Å²) in [6.45, 7) is -1.33. The Labute approximate surface area is 384 Å². The quantitative estimate of drug-likeness (QED) is 0.0715. The molecule has 0 saturated carbocycles. The number of carbonyl (C=O) groups excluding carboxylic acids is 3. The van der Waals surface area contributed by atoms with E-state index in [0.717, 1.165) is 24.5 Å². The number of hydrogen-bond donors (Lipinski definition) is 0. The topological polar surface area (TPSA) is 164 Å². The minimum atomic E-state index is -1.40. The molecule has 2 saturated heterocycles. The largest absolute Gasteiger partial charge is 0.514 e. The molecule has 19 heteroatoms. The standard InChI is InChI=1S/C49H40F4N6O9/c50-31-17-7-15-29(39(31)52)37(27-11-3-1-4-12-27)41-33-19-9-21-56(33)47(62)43-45(35(60)23-54-58(41)43)65-25-67-49(64)68-26-66-46-36(61)24-55-59-42(34-20-10-22-57(34)48(63)44(46)59)38(28-13-5-2-6-14-28)30-16-8-18-32(51)40(30)53/h1-8,11-18,23-24,33-34,37-38,41-42H,9-10,19-22,25-26H2/t33-,34-,37-,38-,41-,42-/m1/s1. The molecule has 0 spiro atoms. The van der Waals surface area contributed by atoms with Gasteiger partial charge in [-0.15, -0.1) is 0 Å². The molecule has 2 amide bonds. The lowest BCUT2D eigenvalue weighted by Gasteiger charge is -2.42. The first-order valence-corrected chi connectivity index (χ1v) is 21.9. The Balaban J connectivity index is 0.896. The molecule has 4 aliphatic rings. The molecule has 0 aliphatic carbocycles. The van der Waals surface area contributed by atoms with Crippen LogP contribution >= 0.6 is 0 Å². The molecular formula is C49H40F4N6O9. The maximum Gasteiger partial charge on any atom is 0.514 e. The van der Waals surface area contributed by atoms with Crippen molar-refractivity contribution in [2.24, 2.45) is 0 Å². The first kappa shape index (κ1) is 44.0. The third kappa shape index (κ3) is 7.60. The van der Waals surface area contributed by atoms with Crippen molar-refractivity contribution in [3.8, 4) is 11.5 Å². The third-order valence-corrected chi connectivity index (χ3v) is 13.2. The van der Waals surface area contributed by atoms with Crippen molar-refractivity contribution in [1.82, 2.24) is 29.4 Å². The van der Waals surface area contributed by atoms with Crippen molar-refractivity contribution < 1.29 is 50.9 Å². The normalized spacial score (nSPS) is 20.2. The number of nitrogens with zero attached hydrogens (tertiary/aromatic N) is 6. The van der Waals surface area contributed by atoms with Crippen LogP contribution in [0.5, 0.6) is 11.5 Å². The molecule has 348 valence electrons. The average molecular weight is 933 g/mol. The van der Waals surface area contributed by atoms with Crippen LogP contribution in [0.15, 0.2) is 119 Å². The number of rotatable bonds is 12. The van der Waals surface area contributed by atoms with E-state index in [-0.39, 0.29) is 22.5 Å². The van der Waals surface area contributed by atoms with Crippen molar-refractivity contribution in [2.45, 2.75) is 61.7 Å². The zero-order valence-electron chi connectivity index (χ0n) is 35.9. The molecule has 6 heterocycles. The van der Waals surface area contributed by atoms with Crippen LogP contribution in [-0.4, -0.2) is 86.1 Å². The van der Waals surface area contributed by atoms with E-state index in [9.17, 15) is 32.8 Å². The van der Waals surface area contributed by atoms with Gasteiger partial charge in [0.05, 0.1) is 36.6 Å². The van der Waals surface area contributed by atoms with Crippen LogP contribution < -0.4 is 20.3 Å². The minimum Gasteiger partial charge on any atom is -0.451 e. The summed E-state index contributed by atoms with van der Waals surface area (Å²) in [7, 11) is 0. The van der Waals surface area contributed by atoms with Gasteiger partial charge in [-0.1, -0.05) is 84.9 Å². The van der Waals surface area contributed by atoms with Crippen LogP contribution in [-0.2, 0) is 9.47 Å². The van der Waals surface area contributed by atoms with E-state index in [1.54, 1.807) is 70.5 Å². The molecule has 2 aromatic heterocycles. The van der Waals surface area contributed by atoms with Gasteiger partial charge in [0.15, 0.2) is 34.7 Å². The number of benzene rings is 4. The maximum atomic E-state index is 15.7. The van der Waals surface area contributed by atoms with Crippen molar-refractivity contribution in [2.75, 3.05) is 26.7 Å². The summed E-state index contributed by atoms with van der Waals surface area (Å²) in [5.74, 6) is -8.30. The molecule has 0 radical (unpaired) electrons. The van der Waals surface area contributed by atoms with Crippen molar-refractivity contribution in [1.29, 1.82) is 0 Å². The molecule has 15 nitrogen and oxygen atoms in total. The number of halogens is 4. The van der Waals surface area contributed by atoms with E-state index >= 15 is 8.78 Å². The fraction of sp³-hybridized carbons (Fsp3) is 0.286. The van der Waals surface area contributed by atoms with Gasteiger partial charge in [0.25, 0.3) is 11.8 Å². The second-order valence-corrected chi connectivity index (χ2v) is 16.8. The highest BCUT2D eigenvalue weighted by molar-refractivity contribution is 5.97. The lowest BCUT2D eigenvalue weighted by Crippen LogP contribution is -2.51. The predicted octanol–water partition coefficient (Wildman–Crippen LogP) is 6.87. The van der Waals surface area contributed by atoms with E-state index < -0.39 is 113 Å². The van der Waals surface area contributed by atoms with Crippen LogP contribution in [0, 0.1) is 23.3 Å². The second kappa shape index (κ2) is 18.1. The second-order valence-electron chi connectivity index (χ2n) is 16.8. The van der Waals surface area contributed by atoms with E-state index in [0.29, 0.717) is 49.9 Å². The van der Waals surface area contributed by atoms with Gasteiger partial charge >= 0.3 is 6.16 Å². The van der Waals surface area contributed by atoms with E-state index in [1.165, 1.54) is 33.6 Å². The lowest BCUT2D eigenvalue weighted by atomic mass is 9.79. The number of amides is 2. The summed E-state index contributed by atoms with van der Waals surface area (Å²) >= 11 is 0. The molecule has 68 heavy (non-hydrogen) atoms. The van der Waals surface area contributed by atoms with Crippen LogP contribution in [0.2, 0.25) is 0 Å². The molecule has 10 rings (SSSR count). The van der Waals surface area contributed by atoms with Crippen molar-refractivity contribution in [3.63, 3.8) is 0 Å².